The fraction of sp³-hybridized carbons (Fsp3) is 0.296. The lowest BCUT2D eigenvalue weighted by molar-refractivity contribution is 0.0247. The highest BCUT2D eigenvalue weighted by molar-refractivity contribution is 6.06. The summed E-state index contributed by atoms with van der Waals surface area (Å²) in [6, 6.07) is 10.6. The van der Waals surface area contributed by atoms with Gasteiger partial charge in [0.05, 0.1) is 47.7 Å². The van der Waals surface area contributed by atoms with E-state index >= 15 is 0 Å². The molecule has 10 heteroatoms. The minimum absolute atomic E-state index is 0.143. The second-order valence-corrected chi connectivity index (χ2v) is 9.64. The van der Waals surface area contributed by atoms with Gasteiger partial charge in [0, 0.05) is 44.0 Å². The molecule has 2 aliphatic rings. The van der Waals surface area contributed by atoms with E-state index in [-0.39, 0.29) is 17.8 Å². The lowest BCUT2D eigenvalue weighted by Gasteiger charge is -2.35. The summed E-state index contributed by atoms with van der Waals surface area (Å²) in [5, 5.41) is 6.25. The Morgan fingerprint density at radius 3 is 2.89 bits per heavy atom. The van der Waals surface area contributed by atoms with E-state index in [0.717, 1.165) is 42.1 Å². The number of ether oxygens (including phenoxy) is 1. The van der Waals surface area contributed by atoms with Crippen molar-refractivity contribution in [3.8, 4) is 11.3 Å². The van der Waals surface area contributed by atoms with Gasteiger partial charge < -0.3 is 25.2 Å². The number of hydrogen-bond acceptors (Lipinski definition) is 7. The van der Waals surface area contributed by atoms with Gasteiger partial charge in [-0.2, -0.15) is 0 Å². The molecule has 0 spiro atoms. The molecule has 0 radical (unpaired) electrons. The third-order valence-electron chi connectivity index (χ3n) is 6.80. The normalized spacial score (nSPS) is 17.4. The first-order chi connectivity index (χ1) is 18.0. The van der Waals surface area contributed by atoms with Crippen LogP contribution in [-0.2, 0) is 11.3 Å². The van der Waals surface area contributed by atoms with Crippen LogP contribution in [0.3, 0.4) is 0 Å². The number of carbonyl (C=O) groups excluding carboxylic acids is 1. The number of likely N-dealkylation sites (N-methyl/N-ethyl adjacent to an activating group) is 1. The summed E-state index contributed by atoms with van der Waals surface area (Å²) >= 11 is 0. The molecule has 2 N–H and O–H groups in total. The number of hydrogen-bond donors (Lipinski definition) is 2. The van der Waals surface area contributed by atoms with Crippen LogP contribution in [0.15, 0.2) is 55.0 Å². The number of amides is 1. The number of morpholine rings is 1. The van der Waals surface area contributed by atoms with Crippen LogP contribution >= 0.6 is 0 Å². The summed E-state index contributed by atoms with van der Waals surface area (Å²) in [6.07, 6.45) is 5.37. The Balaban J connectivity index is 1.25. The van der Waals surface area contributed by atoms with Crippen LogP contribution in [0.25, 0.3) is 16.9 Å². The number of fused-ring (bicyclic) bond motifs is 2. The SMILES string of the molecule is CN(C)C[C@H]1CN(c2ccc(Nc3ccc(-c4cnc5cc(F)ccn45)c4c3C(=O)NC4)nc2)CCO1. The van der Waals surface area contributed by atoms with E-state index in [2.05, 4.69) is 30.4 Å². The molecule has 0 unspecified atom stereocenters. The lowest BCUT2D eigenvalue weighted by atomic mass is 9.99. The Bertz CT molecular complexity index is 1470. The van der Waals surface area contributed by atoms with Crippen LogP contribution in [0.5, 0.6) is 0 Å². The molecule has 4 aromatic rings. The van der Waals surface area contributed by atoms with Gasteiger partial charge in [-0.25, -0.2) is 14.4 Å². The average Bonchev–Trinajstić information content (AvgIpc) is 3.48. The summed E-state index contributed by atoms with van der Waals surface area (Å²) in [5.74, 6) is 0.171. The zero-order valence-electron chi connectivity index (χ0n) is 20.7. The topological polar surface area (TPSA) is 87.0 Å². The molecule has 1 saturated heterocycles. The predicted octanol–water partition coefficient (Wildman–Crippen LogP) is 3.29. The van der Waals surface area contributed by atoms with Crippen molar-refractivity contribution in [2.45, 2.75) is 12.6 Å². The van der Waals surface area contributed by atoms with Gasteiger partial charge in [-0.1, -0.05) is 6.07 Å². The van der Waals surface area contributed by atoms with Gasteiger partial charge in [-0.15, -0.1) is 0 Å². The maximum atomic E-state index is 13.6. The molecule has 0 aliphatic carbocycles. The number of imidazole rings is 1. The van der Waals surface area contributed by atoms with E-state index in [4.69, 9.17) is 4.74 Å². The van der Waals surface area contributed by atoms with Crippen LogP contribution in [0.4, 0.5) is 21.6 Å². The third kappa shape index (κ3) is 4.49. The minimum Gasteiger partial charge on any atom is -0.373 e. The number of aromatic nitrogens is 3. The van der Waals surface area contributed by atoms with Crippen molar-refractivity contribution < 1.29 is 13.9 Å². The number of pyridine rings is 2. The monoisotopic (exact) mass is 501 g/mol. The van der Waals surface area contributed by atoms with Crippen LogP contribution < -0.4 is 15.5 Å². The first-order valence-electron chi connectivity index (χ1n) is 12.3. The van der Waals surface area contributed by atoms with Gasteiger partial charge in [-0.05, 0) is 43.9 Å². The Hall–Kier alpha value is -4.02. The lowest BCUT2D eigenvalue weighted by Crippen LogP contribution is -2.46. The summed E-state index contributed by atoms with van der Waals surface area (Å²) < 4.78 is 21.3. The van der Waals surface area contributed by atoms with Crippen molar-refractivity contribution in [3.05, 3.63) is 71.9 Å². The van der Waals surface area contributed by atoms with Gasteiger partial charge in [-0.3, -0.25) is 9.20 Å². The van der Waals surface area contributed by atoms with Gasteiger partial charge in [0.15, 0.2) is 0 Å². The van der Waals surface area contributed by atoms with Crippen molar-refractivity contribution >= 4 is 28.7 Å². The second-order valence-electron chi connectivity index (χ2n) is 9.64. The molecule has 1 atom stereocenters. The zero-order valence-corrected chi connectivity index (χ0v) is 20.7. The number of carbonyl (C=O) groups is 1. The molecular weight excluding hydrogens is 473 g/mol. The molecule has 1 aromatic carbocycles. The quantitative estimate of drug-likeness (QED) is 0.419. The maximum absolute atomic E-state index is 13.6. The number of benzene rings is 1. The standard InChI is InChI=1S/C27H28FN7O2/c1-33(2)15-19-16-34(9-10-37-19)18-3-6-24(29-12-18)32-22-5-4-20(21-13-31-27(36)26(21)22)23-14-30-25-11-17(28)7-8-35(23)25/h3-8,11-12,14,19H,9-10,13,15-16H2,1-2H3,(H,29,32)(H,31,36)/t19-/m0/s1. The summed E-state index contributed by atoms with van der Waals surface area (Å²) in [7, 11) is 4.10. The van der Waals surface area contributed by atoms with Crippen LogP contribution in [0.2, 0.25) is 0 Å². The van der Waals surface area contributed by atoms with Crippen molar-refractivity contribution in [2.75, 3.05) is 50.6 Å². The fourth-order valence-electron chi connectivity index (χ4n) is 5.10. The van der Waals surface area contributed by atoms with Crippen LogP contribution in [0, 0.1) is 5.82 Å². The second kappa shape index (κ2) is 9.45. The molecule has 0 bridgehead atoms. The van der Waals surface area contributed by atoms with Gasteiger partial charge in [0.1, 0.15) is 17.3 Å². The molecule has 1 amide bonds. The summed E-state index contributed by atoms with van der Waals surface area (Å²) in [4.78, 5) is 26.2. The Kier molecular flexibility index (Phi) is 5.97. The molecule has 0 saturated carbocycles. The summed E-state index contributed by atoms with van der Waals surface area (Å²) in [6.45, 7) is 3.61. The highest BCUT2D eigenvalue weighted by Crippen LogP contribution is 2.35. The third-order valence-corrected chi connectivity index (χ3v) is 6.80. The Morgan fingerprint density at radius 2 is 2.08 bits per heavy atom. The average molecular weight is 502 g/mol. The van der Waals surface area contributed by atoms with E-state index in [1.54, 1.807) is 12.4 Å². The highest BCUT2D eigenvalue weighted by atomic mass is 19.1. The van der Waals surface area contributed by atoms with E-state index in [1.807, 2.05) is 49.0 Å². The largest absolute Gasteiger partial charge is 0.373 e. The van der Waals surface area contributed by atoms with E-state index < -0.39 is 0 Å². The van der Waals surface area contributed by atoms with E-state index in [9.17, 15) is 9.18 Å². The maximum Gasteiger partial charge on any atom is 0.254 e. The molecule has 2 aliphatic heterocycles. The van der Waals surface area contributed by atoms with E-state index in [1.165, 1.54) is 12.1 Å². The number of nitrogens with one attached hydrogen (secondary N) is 2. The zero-order chi connectivity index (χ0) is 25.5. The minimum atomic E-state index is -0.341. The molecule has 3 aromatic heterocycles. The molecule has 5 heterocycles. The first-order valence-corrected chi connectivity index (χ1v) is 12.3. The Morgan fingerprint density at radius 1 is 1.19 bits per heavy atom. The van der Waals surface area contributed by atoms with Crippen molar-refractivity contribution in [2.24, 2.45) is 0 Å². The smallest absolute Gasteiger partial charge is 0.254 e. The van der Waals surface area contributed by atoms with Crippen molar-refractivity contribution in [3.63, 3.8) is 0 Å². The van der Waals surface area contributed by atoms with Crippen molar-refractivity contribution in [1.82, 2.24) is 24.6 Å². The molecule has 6 rings (SSSR count). The molecule has 37 heavy (non-hydrogen) atoms. The predicted molar refractivity (Wildman–Crippen MR) is 140 cm³/mol. The van der Waals surface area contributed by atoms with Gasteiger partial charge in [0.2, 0.25) is 0 Å². The van der Waals surface area contributed by atoms with E-state index in [0.29, 0.717) is 35.9 Å². The number of halogens is 1. The van der Waals surface area contributed by atoms with Gasteiger partial charge in [0.25, 0.3) is 5.91 Å². The number of rotatable bonds is 6. The molecule has 9 nitrogen and oxygen atoms in total. The molecule has 190 valence electrons. The van der Waals surface area contributed by atoms with Gasteiger partial charge >= 0.3 is 0 Å². The number of nitrogens with zero attached hydrogens (tertiary/aromatic N) is 5. The fourth-order valence-corrected chi connectivity index (χ4v) is 5.10. The molecular formula is C27H28FN7O2. The molecule has 1 fully saturated rings. The number of anilines is 3. The highest BCUT2D eigenvalue weighted by Gasteiger charge is 2.27. The summed E-state index contributed by atoms with van der Waals surface area (Å²) in [5.41, 5.74) is 5.38. The first kappa shape index (κ1) is 23.4. The van der Waals surface area contributed by atoms with Crippen LogP contribution in [0.1, 0.15) is 15.9 Å². The van der Waals surface area contributed by atoms with Crippen LogP contribution in [-0.4, -0.2) is 71.6 Å². The van der Waals surface area contributed by atoms with Crippen molar-refractivity contribution in [1.29, 1.82) is 0 Å². The Labute approximate surface area is 213 Å².